The maximum absolute atomic E-state index is 7.33. The van der Waals surface area contributed by atoms with Gasteiger partial charge in [0.25, 0.3) is 0 Å². The van der Waals surface area contributed by atoms with Crippen LogP contribution in [-0.2, 0) is 0 Å². The molecule has 0 saturated heterocycles. The Bertz CT molecular complexity index is 23.0. The van der Waals surface area contributed by atoms with Crippen molar-refractivity contribution < 1.29 is 19.2 Å². The van der Waals surface area contributed by atoms with Gasteiger partial charge in [0, 0.05) is 0 Å². The zero-order valence-electron chi connectivity index (χ0n) is 3.00. The first-order valence-corrected chi connectivity index (χ1v) is 2.68. The first-order valence-electron chi connectivity index (χ1n) is 0.894. The molecule has 0 bridgehead atoms. The van der Waals surface area contributed by atoms with E-state index in [1.165, 1.54) is 0 Å². The Morgan fingerprint density at radius 3 is 0.833 bits per heavy atom. The summed E-state index contributed by atoms with van der Waals surface area (Å²) in [4.78, 5) is 29.3. The third kappa shape index (κ3) is 98.6. The molecular formula is H6O4SiSn. The number of hydrogen-bond donors (Lipinski definition) is 4. The Hall–Kier alpha value is 0.856. The zero-order chi connectivity index (χ0) is 4.50. The average molecular weight is 217 g/mol. The number of hydrogen-bond acceptors (Lipinski definition) is 4. The summed E-state index contributed by atoms with van der Waals surface area (Å²) in [5.74, 6) is 0. The van der Waals surface area contributed by atoms with Gasteiger partial charge in [0.05, 0.1) is 0 Å². The second-order valence-electron chi connectivity index (χ2n) is 0.600. The van der Waals surface area contributed by atoms with Crippen LogP contribution in [0.5, 0.6) is 0 Å². The minimum atomic E-state index is -4.61. The molecule has 0 saturated carbocycles. The van der Waals surface area contributed by atoms with E-state index in [0.717, 1.165) is 0 Å². The molecule has 0 atom stereocenters. The predicted molar refractivity (Wildman–Crippen MR) is 23.2 cm³/mol. The summed E-state index contributed by atoms with van der Waals surface area (Å²) in [6.07, 6.45) is 0. The van der Waals surface area contributed by atoms with Crippen molar-refractivity contribution in [3.05, 3.63) is 0 Å². The second kappa shape index (κ2) is 2.94. The molecule has 4 N–H and O–H groups in total. The molecule has 0 aliphatic carbocycles. The standard InChI is InChI=1S/H4O4Si.Sn.2H/c1-5(2,3)4;;;/h1-4H;;;. The summed E-state index contributed by atoms with van der Waals surface area (Å²) < 4.78 is 0. The SMILES string of the molecule is O[Si](O)(O)O.[SnH2]. The molecule has 38 valence electrons. The van der Waals surface area contributed by atoms with Gasteiger partial charge in [0.1, 0.15) is 0 Å². The van der Waals surface area contributed by atoms with E-state index in [4.69, 9.17) is 19.2 Å². The van der Waals surface area contributed by atoms with Crippen molar-refractivity contribution in [2.24, 2.45) is 0 Å². The van der Waals surface area contributed by atoms with Crippen LogP contribution >= 0.6 is 0 Å². The van der Waals surface area contributed by atoms with E-state index < -0.39 is 9.05 Å². The molecule has 0 aromatic heterocycles. The molecule has 6 heteroatoms. The van der Waals surface area contributed by atoms with Gasteiger partial charge in [-0.05, 0) is 0 Å². The minimum absolute atomic E-state index is 0. The topological polar surface area (TPSA) is 80.9 Å². The van der Waals surface area contributed by atoms with Gasteiger partial charge in [0.15, 0.2) is 0 Å². The van der Waals surface area contributed by atoms with E-state index >= 15 is 0 Å². The van der Waals surface area contributed by atoms with Crippen LogP contribution in [0.1, 0.15) is 0 Å². The van der Waals surface area contributed by atoms with Crippen molar-refractivity contribution in [3.8, 4) is 0 Å². The van der Waals surface area contributed by atoms with Gasteiger partial charge in [-0.3, -0.25) is 0 Å². The van der Waals surface area contributed by atoms with Gasteiger partial charge in [-0.15, -0.1) is 0 Å². The summed E-state index contributed by atoms with van der Waals surface area (Å²) >= 11 is 0. The van der Waals surface area contributed by atoms with E-state index in [-0.39, 0.29) is 23.9 Å². The number of rotatable bonds is 0. The molecule has 0 spiro atoms. The van der Waals surface area contributed by atoms with Crippen LogP contribution in [0, 0.1) is 0 Å². The van der Waals surface area contributed by atoms with Gasteiger partial charge in [-0.1, -0.05) is 0 Å². The van der Waals surface area contributed by atoms with E-state index in [1.807, 2.05) is 0 Å². The quantitative estimate of drug-likeness (QED) is 0.317. The fourth-order valence-electron chi connectivity index (χ4n) is 0. The van der Waals surface area contributed by atoms with Crippen molar-refractivity contribution in [1.82, 2.24) is 0 Å². The molecule has 0 aromatic carbocycles. The maximum atomic E-state index is 7.33. The Labute approximate surface area is 52.5 Å². The van der Waals surface area contributed by atoms with Crippen LogP contribution in [-0.4, -0.2) is 52.1 Å². The Morgan fingerprint density at radius 1 is 0.833 bits per heavy atom. The molecule has 6 heavy (non-hydrogen) atoms. The third-order valence-corrected chi connectivity index (χ3v) is 0. The summed E-state index contributed by atoms with van der Waals surface area (Å²) in [5.41, 5.74) is 0. The van der Waals surface area contributed by atoms with Crippen LogP contribution in [0.25, 0.3) is 0 Å². The third-order valence-electron chi connectivity index (χ3n) is 0. The molecular weight excluding hydrogens is 211 g/mol. The predicted octanol–water partition coefficient (Wildman–Crippen LogP) is -3.52. The summed E-state index contributed by atoms with van der Waals surface area (Å²) in [7, 11) is -4.61. The Balaban J connectivity index is 0. The fraction of sp³-hybridized carbons (Fsp3) is 0. The monoisotopic (exact) mass is 218 g/mol. The van der Waals surface area contributed by atoms with Gasteiger partial charge in [-0.2, -0.15) is 0 Å². The van der Waals surface area contributed by atoms with E-state index in [2.05, 4.69) is 0 Å². The van der Waals surface area contributed by atoms with Crippen molar-refractivity contribution in [2.75, 3.05) is 0 Å². The van der Waals surface area contributed by atoms with E-state index in [1.54, 1.807) is 0 Å². The molecule has 0 unspecified atom stereocenters. The first-order chi connectivity index (χ1) is 2.00. The molecule has 0 aromatic rings. The van der Waals surface area contributed by atoms with Crippen LogP contribution in [0.2, 0.25) is 0 Å². The van der Waals surface area contributed by atoms with Crippen molar-refractivity contribution in [2.45, 2.75) is 0 Å². The Kier molecular flexibility index (Phi) is 4.88. The molecule has 0 rings (SSSR count). The van der Waals surface area contributed by atoms with Crippen LogP contribution in [0.3, 0.4) is 0 Å². The summed E-state index contributed by atoms with van der Waals surface area (Å²) in [5, 5.41) is 0. The van der Waals surface area contributed by atoms with Crippen molar-refractivity contribution in [3.63, 3.8) is 0 Å². The zero-order valence-corrected chi connectivity index (χ0v) is 8.03. The van der Waals surface area contributed by atoms with Gasteiger partial charge in [-0.25, -0.2) is 0 Å². The first kappa shape index (κ1) is 9.97. The fourth-order valence-corrected chi connectivity index (χ4v) is 0. The van der Waals surface area contributed by atoms with Crippen molar-refractivity contribution >= 4 is 33.0 Å². The van der Waals surface area contributed by atoms with E-state index in [9.17, 15) is 0 Å². The molecule has 2 radical (unpaired) electrons. The average Bonchev–Trinajstić information content (AvgIpc) is 0.722. The molecule has 0 aliphatic heterocycles. The van der Waals surface area contributed by atoms with Crippen LogP contribution in [0.15, 0.2) is 0 Å². The molecule has 0 fully saturated rings. The second-order valence-corrected chi connectivity index (χ2v) is 1.80. The van der Waals surface area contributed by atoms with Crippen LogP contribution in [0.4, 0.5) is 0 Å². The summed E-state index contributed by atoms with van der Waals surface area (Å²) in [6.45, 7) is 0. The molecule has 0 heterocycles. The normalized spacial score (nSPS) is 10.0. The molecule has 0 aliphatic rings. The van der Waals surface area contributed by atoms with Gasteiger partial charge >= 0.3 is 33.0 Å². The molecule has 0 amide bonds. The van der Waals surface area contributed by atoms with Crippen molar-refractivity contribution in [1.29, 1.82) is 0 Å². The van der Waals surface area contributed by atoms with Gasteiger partial charge in [0.2, 0.25) is 0 Å². The van der Waals surface area contributed by atoms with Crippen LogP contribution < -0.4 is 0 Å². The Morgan fingerprint density at radius 2 is 0.833 bits per heavy atom. The van der Waals surface area contributed by atoms with Gasteiger partial charge < -0.3 is 19.2 Å². The summed E-state index contributed by atoms with van der Waals surface area (Å²) in [6, 6.07) is 0. The molecule has 4 nitrogen and oxygen atoms in total. The van der Waals surface area contributed by atoms with E-state index in [0.29, 0.717) is 0 Å².